The first-order valence-corrected chi connectivity index (χ1v) is 12.2. The molecule has 1 atom stereocenters. The van der Waals surface area contributed by atoms with Crippen LogP contribution in [0, 0.1) is 0 Å². The van der Waals surface area contributed by atoms with Crippen LogP contribution in [-0.2, 0) is 17.8 Å². The summed E-state index contributed by atoms with van der Waals surface area (Å²) in [5, 5.41) is 2.91. The normalized spacial score (nSPS) is 15.3. The zero-order valence-corrected chi connectivity index (χ0v) is 20.1. The Morgan fingerprint density at radius 2 is 1.71 bits per heavy atom. The number of carbonyl (C=O) groups is 2. The number of rotatable bonds is 9. The lowest BCUT2D eigenvalue weighted by atomic mass is 10.1. The molecule has 176 valence electrons. The molecule has 0 aliphatic carbocycles. The SMILES string of the molecule is COc1ccc(CNC(=O)c2ccc([C@@H]3SCC(=O)N3CCc3ccccc3)cc2)cc1OC. The van der Waals surface area contributed by atoms with Crippen LogP contribution in [-0.4, -0.2) is 43.2 Å². The van der Waals surface area contributed by atoms with Gasteiger partial charge in [0.05, 0.1) is 20.0 Å². The zero-order chi connectivity index (χ0) is 23.9. The molecule has 1 aliphatic heterocycles. The molecule has 0 aromatic heterocycles. The number of carbonyl (C=O) groups excluding carboxylic acids is 2. The van der Waals surface area contributed by atoms with Crippen molar-refractivity contribution in [3.63, 3.8) is 0 Å². The first kappa shape index (κ1) is 23.7. The molecule has 0 bridgehead atoms. The molecule has 0 unspecified atom stereocenters. The molecule has 1 heterocycles. The Morgan fingerprint density at radius 3 is 2.41 bits per heavy atom. The van der Waals surface area contributed by atoms with Crippen molar-refractivity contribution in [1.82, 2.24) is 10.2 Å². The maximum Gasteiger partial charge on any atom is 0.251 e. The predicted octanol–water partition coefficient (Wildman–Crippen LogP) is 4.45. The quantitative estimate of drug-likeness (QED) is 0.494. The van der Waals surface area contributed by atoms with Crippen LogP contribution in [0.4, 0.5) is 0 Å². The summed E-state index contributed by atoms with van der Waals surface area (Å²) in [7, 11) is 3.17. The van der Waals surface area contributed by atoms with Crippen molar-refractivity contribution in [2.45, 2.75) is 18.3 Å². The molecular weight excluding hydrogens is 448 g/mol. The van der Waals surface area contributed by atoms with Crippen molar-refractivity contribution in [2.24, 2.45) is 0 Å². The van der Waals surface area contributed by atoms with E-state index in [1.54, 1.807) is 26.0 Å². The van der Waals surface area contributed by atoms with E-state index in [0.717, 1.165) is 17.5 Å². The summed E-state index contributed by atoms with van der Waals surface area (Å²) >= 11 is 1.63. The van der Waals surface area contributed by atoms with Gasteiger partial charge in [0, 0.05) is 18.7 Å². The van der Waals surface area contributed by atoms with Gasteiger partial charge in [0.2, 0.25) is 5.91 Å². The first-order chi connectivity index (χ1) is 16.6. The van der Waals surface area contributed by atoms with Crippen LogP contribution < -0.4 is 14.8 Å². The zero-order valence-electron chi connectivity index (χ0n) is 19.3. The number of benzene rings is 3. The number of amides is 2. The minimum absolute atomic E-state index is 0.0277. The monoisotopic (exact) mass is 476 g/mol. The molecule has 2 amide bonds. The molecule has 3 aromatic carbocycles. The van der Waals surface area contributed by atoms with E-state index in [1.807, 2.05) is 65.6 Å². The van der Waals surface area contributed by atoms with Crippen LogP contribution in [0.1, 0.15) is 32.4 Å². The summed E-state index contributed by atoms with van der Waals surface area (Å²) in [5.74, 6) is 1.75. The van der Waals surface area contributed by atoms with Crippen LogP contribution >= 0.6 is 11.8 Å². The Hall–Kier alpha value is -3.45. The van der Waals surface area contributed by atoms with E-state index in [-0.39, 0.29) is 17.2 Å². The van der Waals surface area contributed by atoms with Crippen LogP contribution in [0.3, 0.4) is 0 Å². The Kier molecular flexibility index (Phi) is 7.75. The molecule has 1 aliphatic rings. The number of hydrogen-bond donors (Lipinski definition) is 1. The minimum Gasteiger partial charge on any atom is -0.493 e. The fourth-order valence-corrected chi connectivity index (χ4v) is 5.16. The molecule has 4 rings (SSSR count). The molecule has 7 heteroatoms. The molecule has 1 saturated heterocycles. The van der Waals surface area contributed by atoms with Gasteiger partial charge in [0.1, 0.15) is 5.37 Å². The maximum absolute atomic E-state index is 12.7. The third kappa shape index (κ3) is 5.54. The molecule has 3 aromatic rings. The maximum atomic E-state index is 12.7. The smallest absolute Gasteiger partial charge is 0.251 e. The van der Waals surface area contributed by atoms with Crippen LogP contribution in [0.15, 0.2) is 72.8 Å². The number of methoxy groups -OCH3 is 2. The highest BCUT2D eigenvalue weighted by molar-refractivity contribution is 8.00. The van der Waals surface area contributed by atoms with E-state index in [1.165, 1.54) is 5.56 Å². The van der Waals surface area contributed by atoms with Gasteiger partial charge < -0.3 is 19.7 Å². The fraction of sp³-hybridized carbons (Fsp3) is 0.259. The van der Waals surface area contributed by atoms with Gasteiger partial charge in [-0.05, 0) is 47.4 Å². The van der Waals surface area contributed by atoms with Gasteiger partial charge >= 0.3 is 0 Å². The van der Waals surface area contributed by atoms with E-state index in [0.29, 0.717) is 35.9 Å². The number of ether oxygens (including phenoxy) is 2. The van der Waals surface area contributed by atoms with Gasteiger partial charge in [-0.15, -0.1) is 11.8 Å². The van der Waals surface area contributed by atoms with Crippen LogP contribution in [0.25, 0.3) is 0 Å². The van der Waals surface area contributed by atoms with Crippen molar-refractivity contribution >= 4 is 23.6 Å². The lowest BCUT2D eigenvalue weighted by Gasteiger charge is -2.24. The van der Waals surface area contributed by atoms with E-state index >= 15 is 0 Å². The molecule has 1 fully saturated rings. The van der Waals surface area contributed by atoms with Crippen LogP contribution in [0.5, 0.6) is 11.5 Å². The Labute approximate surface area is 204 Å². The van der Waals surface area contributed by atoms with Crippen LogP contribution in [0.2, 0.25) is 0 Å². The molecule has 1 N–H and O–H groups in total. The van der Waals surface area contributed by atoms with E-state index in [4.69, 9.17) is 9.47 Å². The average Bonchev–Trinajstić information content (AvgIpc) is 3.26. The summed E-state index contributed by atoms with van der Waals surface area (Å²) < 4.78 is 10.6. The third-order valence-corrected chi connectivity index (χ3v) is 7.07. The summed E-state index contributed by atoms with van der Waals surface area (Å²) in [4.78, 5) is 27.1. The third-order valence-electron chi connectivity index (χ3n) is 5.81. The highest BCUT2D eigenvalue weighted by atomic mass is 32.2. The Bertz CT molecular complexity index is 1140. The molecule has 34 heavy (non-hydrogen) atoms. The summed E-state index contributed by atoms with van der Waals surface area (Å²) in [6.07, 6.45) is 0.820. The highest BCUT2D eigenvalue weighted by Gasteiger charge is 2.32. The summed E-state index contributed by atoms with van der Waals surface area (Å²) in [5.41, 5.74) is 3.74. The number of nitrogens with zero attached hydrogens (tertiary/aromatic N) is 1. The standard InChI is InChI=1S/C27H28N2O4S/c1-32-23-13-8-20(16-24(23)33-2)17-28-26(31)21-9-11-22(12-10-21)27-29(25(30)18-34-27)15-14-19-6-4-3-5-7-19/h3-13,16,27H,14-15,17-18H2,1-2H3,(H,28,31)/t27-/m0/s1. The first-order valence-electron chi connectivity index (χ1n) is 11.1. The van der Waals surface area contributed by atoms with E-state index in [9.17, 15) is 9.59 Å². The second-order valence-corrected chi connectivity index (χ2v) is 9.05. The fourth-order valence-electron chi connectivity index (χ4n) is 3.94. The second kappa shape index (κ2) is 11.1. The van der Waals surface area contributed by atoms with Crippen molar-refractivity contribution in [1.29, 1.82) is 0 Å². The number of nitrogens with one attached hydrogen (secondary N) is 1. The molecular formula is C27H28N2O4S. The second-order valence-electron chi connectivity index (χ2n) is 7.98. The van der Waals surface area contributed by atoms with Gasteiger partial charge in [0.15, 0.2) is 11.5 Å². The summed E-state index contributed by atoms with van der Waals surface area (Å²) in [6.45, 7) is 1.05. The number of hydrogen-bond acceptors (Lipinski definition) is 5. The Balaban J connectivity index is 1.37. The van der Waals surface area contributed by atoms with Crippen molar-refractivity contribution in [3.8, 4) is 11.5 Å². The highest BCUT2D eigenvalue weighted by Crippen LogP contribution is 2.38. The lowest BCUT2D eigenvalue weighted by Crippen LogP contribution is -2.30. The predicted molar refractivity (Wildman–Crippen MR) is 134 cm³/mol. The minimum atomic E-state index is -0.155. The largest absolute Gasteiger partial charge is 0.493 e. The van der Waals surface area contributed by atoms with Crippen molar-refractivity contribution in [2.75, 3.05) is 26.5 Å². The average molecular weight is 477 g/mol. The van der Waals surface area contributed by atoms with E-state index in [2.05, 4.69) is 17.4 Å². The van der Waals surface area contributed by atoms with Gasteiger partial charge in [-0.3, -0.25) is 9.59 Å². The molecule has 6 nitrogen and oxygen atoms in total. The van der Waals surface area contributed by atoms with Gasteiger partial charge in [-0.2, -0.15) is 0 Å². The molecule has 0 spiro atoms. The van der Waals surface area contributed by atoms with E-state index < -0.39 is 0 Å². The van der Waals surface area contributed by atoms with Gasteiger partial charge in [0.25, 0.3) is 5.91 Å². The van der Waals surface area contributed by atoms with Crippen molar-refractivity contribution in [3.05, 3.63) is 95.1 Å². The van der Waals surface area contributed by atoms with Gasteiger partial charge in [-0.25, -0.2) is 0 Å². The Morgan fingerprint density at radius 1 is 0.971 bits per heavy atom. The van der Waals surface area contributed by atoms with Gasteiger partial charge in [-0.1, -0.05) is 48.5 Å². The molecule has 0 radical (unpaired) electrons. The summed E-state index contributed by atoms with van der Waals surface area (Å²) in [6, 6.07) is 23.3. The lowest BCUT2D eigenvalue weighted by molar-refractivity contribution is -0.128. The molecule has 0 saturated carbocycles. The number of thioether (sulfide) groups is 1. The topological polar surface area (TPSA) is 67.9 Å². The van der Waals surface area contributed by atoms with Crippen molar-refractivity contribution < 1.29 is 19.1 Å².